The van der Waals surface area contributed by atoms with Crippen molar-refractivity contribution >= 4 is 35.0 Å². The van der Waals surface area contributed by atoms with Gasteiger partial charge in [0, 0.05) is 10.8 Å². The van der Waals surface area contributed by atoms with Crippen LogP contribution in [0.4, 0.5) is 0 Å². The molecule has 0 aromatic heterocycles. The molecule has 2 rings (SSSR count). The van der Waals surface area contributed by atoms with Crippen molar-refractivity contribution in [2.24, 2.45) is 5.73 Å². The summed E-state index contributed by atoms with van der Waals surface area (Å²) >= 11 is 14.2. The molecule has 0 saturated carbocycles. The quantitative estimate of drug-likeness (QED) is 0.872. The maximum Gasteiger partial charge on any atom is 0.0640 e. The number of benzene rings is 1. The van der Waals surface area contributed by atoms with E-state index < -0.39 is 0 Å². The number of thioether (sulfide) groups is 1. The summed E-state index contributed by atoms with van der Waals surface area (Å²) in [5, 5.41) is 1.19. The Morgan fingerprint density at radius 1 is 1.44 bits per heavy atom. The van der Waals surface area contributed by atoms with Crippen molar-refractivity contribution in [3.63, 3.8) is 0 Å². The molecule has 16 heavy (non-hydrogen) atoms. The molecule has 2 N–H and O–H groups in total. The van der Waals surface area contributed by atoms with Crippen LogP contribution >= 0.6 is 35.0 Å². The van der Waals surface area contributed by atoms with E-state index >= 15 is 0 Å². The Bertz CT molecular complexity index is 389. The molecule has 0 spiro atoms. The molecule has 0 aliphatic carbocycles. The van der Waals surface area contributed by atoms with Crippen molar-refractivity contribution in [3.8, 4) is 0 Å². The number of hydrogen-bond donors (Lipinski definition) is 1. The smallest absolute Gasteiger partial charge is 0.0640 e. The molecule has 1 aromatic rings. The molecule has 1 aliphatic rings. The molecule has 0 radical (unpaired) electrons. The van der Waals surface area contributed by atoms with Gasteiger partial charge in [0.1, 0.15) is 0 Å². The van der Waals surface area contributed by atoms with Gasteiger partial charge in [0.25, 0.3) is 0 Å². The maximum absolute atomic E-state index is 6.34. The summed E-state index contributed by atoms with van der Waals surface area (Å²) in [6.07, 6.45) is 2.37. The fourth-order valence-corrected chi connectivity index (χ4v) is 3.91. The molecular formula is C12H15Cl2NS. The van der Waals surface area contributed by atoms with E-state index in [0.29, 0.717) is 10.0 Å². The Hall–Kier alpha value is 0.110. The van der Waals surface area contributed by atoms with Gasteiger partial charge in [-0.1, -0.05) is 35.3 Å². The Kier molecular flexibility index (Phi) is 3.75. The molecular weight excluding hydrogens is 261 g/mol. The summed E-state index contributed by atoms with van der Waals surface area (Å²) in [6, 6.07) is 5.63. The minimum Gasteiger partial charge on any atom is -0.323 e. The van der Waals surface area contributed by atoms with E-state index in [9.17, 15) is 0 Å². The normalized spacial score (nSPS) is 27.0. The third-order valence-electron chi connectivity index (χ3n) is 3.22. The first-order valence-corrected chi connectivity index (χ1v) is 7.12. The SMILES string of the molecule is CC1(C(N)c2cccc(Cl)c2Cl)CCCS1. The Morgan fingerprint density at radius 2 is 2.19 bits per heavy atom. The first kappa shape index (κ1) is 12.6. The van der Waals surface area contributed by atoms with Crippen LogP contribution in [0, 0.1) is 0 Å². The Morgan fingerprint density at radius 3 is 2.81 bits per heavy atom. The van der Waals surface area contributed by atoms with Crippen LogP contribution in [0.2, 0.25) is 10.0 Å². The second-order valence-corrected chi connectivity index (χ2v) is 6.80. The van der Waals surface area contributed by atoms with E-state index in [0.717, 1.165) is 12.0 Å². The van der Waals surface area contributed by atoms with E-state index in [1.54, 1.807) is 6.07 Å². The van der Waals surface area contributed by atoms with E-state index in [2.05, 4.69) is 6.92 Å². The zero-order chi connectivity index (χ0) is 11.8. The lowest BCUT2D eigenvalue weighted by atomic mass is 9.91. The van der Waals surface area contributed by atoms with Gasteiger partial charge in [-0.15, -0.1) is 0 Å². The molecule has 1 heterocycles. The van der Waals surface area contributed by atoms with Crippen LogP contribution in [-0.2, 0) is 0 Å². The fraction of sp³-hybridized carbons (Fsp3) is 0.500. The van der Waals surface area contributed by atoms with Crippen molar-refractivity contribution < 1.29 is 0 Å². The molecule has 1 aromatic carbocycles. The van der Waals surface area contributed by atoms with Gasteiger partial charge in [-0.2, -0.15) is 11.8 Å². The van der Waals surface area contributed by atoms with E-state index in [-0.39, 0.29) is 10.8 Å². The summed E-state index contributed by atoms with van der Waals surface area (Å²) < 4.78 is 0.0916. The molecule has 2 atom stereocenters. The third-order valence-corrected chi connectivity index (χ3v) is 5.67. The van der Waals surface area contributed by atoms with Crippen molar-refractivity contribution in [1.82, 2.24) is 0 Å². The highest BCUT2D eigenvalue weighted by Crippen LogP contribution is 2.47. The van der Waals surface area contributed by atoms with Gasteiger partial charge in [0.15, 0.2) is 0 Å². The lowest BCUT2D eigenvalue weighted by Crippen LogP contribution is -2.33. The predicted molar refractivity (Wildman–Crippen MR) is 73.5 cm³/mol. The van der Waals surface area contributed by atoms with E-state index in [1.807, 2.05) is 23.9 Å². The number of nitrogens with two attached hydrogens (primary N) is 1. The molecule has 1 saturated heterocycles. The van der Waals surface area contributed by atoms with E-state index in [4.69, 9.17) is 28.9 Å². The summed E-state index contributed by atoms with van der Waals surface area (Å²) in [5.41, 5.74) is 7.30. The molecule has 4 heteroatoms. The molecule has 0 bridgehead atoms. The average Bonchev–Trinajstić information content (AvgIpc) is 2.70. The molecule has 1 aliphatic heterocycles. The largest absolute Gasteiger partial charge is 0.323 e. The highest BCUT2D eigenvalue weighted by molar-refractivity contribution is 8.00. The highest BCUT2D eigenvalue weighted by Gasteiger charge is 2.37. The zero-order valence-corrected chi connectivity index (χ0v) is 11.5. The van der Waals surface area contributed by atoms with Crippen molar-refractivity contribution in [2.45, 2.75) is 30.6 Å². The third kappa shape index (κ3) is 2.21. The van der Waals surface area contributed by atoms with Gasteiger partial charge in [0.2, 0.25) is 0 Å². The van der Waals surface area contributed by atoms with Crippen LogP contribution in [0.3, 0.4) is 0 Å². The average molecular weight is 276 g/mol. The fourth-order valence-electron chi connectivity index (χ4n) is 2.14. The molecule has 1 fully saturated rings. The van der Waals surface area contributed by atoms with Gasteiger partial charge in [-0.25, -0.2) is 0 Å². The second kappa shape index (κ2) is 4.77. The first-order chi connectivity index (χ1) is 7.54. The number of halogens is 2. The van der Waals surface area contributed by atoms with Gasteiger partial charge in [-0.05, 0) is 37.1 Å². The predicted octanol–water partition coefficient (Wildman–Crippen LogP) is 4.28. The van der Waals surface area contributed by atoms with Crippen LogP contribution in [0.5, 0.6) is 0 Å². The van der Waals surface area contributed by atoms with Crippen molar-refractivity contribution in [3.05, 3.63) is 33.8 Å². The van der Waals surface area contributed by atoms with Crippen LogP contribution < -0.4 is 5.73 Å². The minimum atomic E-state index is -0.0498. The van der Waals surface area contributed by atoms with Crippen molar-refractivity contribution in [2.75, 3.05) is 5.75 Å². The first-order valence-electron chi connectivity index (χ1n) is 5.38. The van der Waals surface area contributed by atoms with Crippen LogP contribution in [0.15, 0.2) is 18.2 Å². The minimum absolute atomic E-state index is 0.0498. The summed E-state index contributed by atoms with van der Waals surface area (Å²) in [7, 11) is 0. The van der Waals surface area contributed by atoms with Gasteiger partial charge >= 0.3 is 0 Å². The number of rotatable bonds is 2. The number of hydrogen-bond acceptors (Lipinski definition) is 2. The molecule has 2 unspecified atom stereocenters. The Labute approximate surface area is 111 Å². The lowest BCUT2D eigenvalue weighted by Gasteiger charge is -2.31. The standard InChI is InChI=1S/C12H15Cl2NS/c1-12(6-3-7-16-12)11(15)8-4-2-5-9(13)10(8)14/h2,4-5,11H,3,6-7,15H2,1H3. The summed E-state index contributed by atoms with van der Waals surface area (Å²) in [6.45, 7) is 2.21. The topological polar surface area (TPSA) is 26.0 Å². The van der Waals surface area contributed by atoms with Crippen LogP contribution in [0.25, 0.3) is 0 Å². The van der Waals surface area contributed by atoms with Gasteiger partial charge < -0.3 is 5.73 Å². The summed E-state index contributed by atoms with van der Waals surface area (Å²) in [4.78, 5) is 0. The second-order valence-electron chi connectivity index (χ2n) is 4.39. The van der Waals surface area contributed by atoms with Crippen LogP contribution in [-0.4, -0.2) is 10.5 Å². The molecule has 0 amide bonds. The Balaban J connectivity index is 2.33. The maximum atomic E-state index is 6.34. The van der Waals surface area contributed by atoms with Crippen molar-refractivity contribution in [1.29, 1.82) is 0 Å². The zero-order valence-electron chi connectivity index (χ0n) is 9.17. The molecule has 1 nitrogen and oxygen atoms in total. The van der Waals surface area contributed by atoms with Gasteiger partial charge in [-0.3, -0.25) is 0 Å². The van der Waals surface area contributed by atoms with E-state index in [1.165, 1.54) is 12.2 Å². The highest BCUT2D eigenvalue weighted by atomic mass is 35.5. The monoisotopic (exact) mass is 275 g/mol. The summed E-state index contributed by atoms with van der Waals surface area (Å²) in [5.74, 6) is 1.18. The van der Waals surface area contributed by atoms with Crippen LogP contribution in [0.1, 0.15) is 31.4 Å². The molecule has 88 valence electrons. The van der Waals surface area contributed by atoms with Gasteiger partial charge in [0.05, 0.1) is 10.0 Å². The lowest BCUT2D eigenvalue weighted by molar-refractivity contribution is 0.502.